The third kappa shape index (κ3) is 2.95. The Kier molecular flexibility index (Phi) is 3.86. The largest absolute Gasteiger partial charge is 0.279 e. The van der Waals surface area contributed by atoms with Crippen molar-refractivity contribution in [3.63, 3.8) is 0 Å². The van der Waals surface area contributed by atoms with Crippen LogP contribution in [0.2, 0.25) is 5.02 Å². The van der Waals surface area contributed by atoms with Gasteiger partial charge < -0.3 is 0 Å². The molecule has 0 spiro atoms. The maximum absolute atomic E-state index is 12.7. The minimum Gasteiger partial charge on any atom is -0.279 e. The number of halogens is 1. The Morgan fingerprint density at radius 3 is 2.04 bits per heavy atom. The molecule has 4 aromatic rings. The van der Waals surface area contributed by atoms with Crippen LogP contribution in [0.15, 0.2) is 83.8 Å². The van der Waals surface area contributed by atoms with E-state index in [4.69, 9.17) is 11.6 Å². The molecule has 1 N–H and O–H groups in total. The molecule has 0 amide bonds. The topological polar surface area (TPSA) is 46.2 Å². The summed E-state index contributed by atoms with van der Waals surface area (Å²) in [4.78, 5) is 0.175. The first-order valence-corrected chi connectivity index (χ1v) is 9.60. The normalized spacial score (nSPS) is 11.7. The maximum atomic E-state index is 12.7. The summed E-state index contributed by atoms with van der Waals surface area (Å²) in [6, 6.07) is 23.7. The van der Waals surface area contributed by atoms with Gasteiger partial charge in [-0.3, -0.25) is 4.72 Å². The zero-order valence-corrected chi connectivity index (χ0v) is 14.7. The summed E-state index contributed by atoms with van der Waals surface area (Å²) in [7, 11) is -3.70. The van der Waals surface area contributed by atoms with Crippen LogP contribution in [0.4, 0.5) is 5.69 Å². The van der Waals surface area contributed by atoms with Gasteiger partial charge in [0.25, 0.3) is 10.0 Å². The van der Waals surface area contributed by atoms with Crippen LogP contribution in [-0.2, 0) is 10.0 Å². The Hall–Kier alpha value is -2.56. The molecule has 0 saturated heterocycles. The lowest BCUT2D eigenvalue weighted by molar-refractivity contribution is 0.601. The minimum atomic E-state index is -3.70. The summed E-state index contributed by atoms with van der Waals surface area (Å²) in [5.41, 5.74) is 0.559. The van der Waals surface area contributed by atoms with Crippen LogP contribution in [0.25, 0.3) is 21.5 Å². The highest BCUT2D eigenvalue weighted by Gasteiger charge is 2.16. The predicted molar refractivity (Wildman–Crippen MR) is 104 cm³/mol. The lowest BCUT2D eigenvalue weighted by Gasteiger charge is -2.13. The van der Waals surface area contributed by atoms with Crippen molar-refractivity contribution in [2.45, 2.75) is 4.90 Å². The Balaban J connectivity index is 1.89. The Bertz CT molecular complexity index is 1190. The van der Waals surface area contributed by atoms with E-state index in [1.807, 2.05) is 54.6 Å². The number of benzene rings is 4. The van der Waals surface area contributed by atoms with E-state index in [1.54, 1.807) is 12.1 Å². The standard InChI is InChI=1S/C20H14ClNO2S/c21-15-9-11-16(12-10-15)25(23,24)22-20-13-14-5-1-2-6-17(14)18-7-3-4-8-19(18)20/h1-13,22H. The van der Waals surface area contributed by atoms with Gasteiger partial charge in [0.2, 0.25) is 0 Å². The first-order chi connectivity index (χ1) is 12.0. The van der Waals surface area contributed by atoms with Crippen molar-refractivity contribution < 1.29 is 8.42 Å². The molecule has 4 rings (SSSR count). The highest BCUT2D eigenvalue weighted by molar-refractivity contribution is 7.92. The molecule has 0 bridgehead atoms. The molecule has 0 fully saturated rings. The van der Waals surface area contributed by atoms with Crippen LogP contribution in [0.1, 0.15) is 0 Å². The molecule has 25 heavy (non-hydrogen) atoms. The van der Waals surface area contributed by atoms with E-state index in [1.165, 1.54) is 12.1 Å². The maximum Gasteiger partial charge on any atom is 0.261 e. The molecule has 124 valence electrons. The van der Waals surface area contributed by atoms with Gasteiger partial charge in [-0.1, -0.05) is 60.1 Å². The SMILES string of the molecule is O=S(=O)(Nc1cc2ccccc2c2ccccc12)c1ccc(Cl)cc1. The summed E-state index contributed by atoms with van der Waals surface area (Å²) in [6.45, 7) is 0. The smallest absolute Gasteiger partial charge is 0.261 e. The van der Waals surface area contributed by atoms with Crippen LogP contribution in [-0.4, -0.2) is 8.42 Å². The minimum absolute atomic E-state index is 0.175. The van der Waals surface area contributed by atoms with Gasteiger partial charge in [-0.25, -0.2) is 8.42 Å². The number of anilines is 1. The third-order valence-corrected chi connectivity index (χ3v) is 5.77. The van der Waals surface area contributed by atoms with Gasteiger partial charge in [0.1, 0.15) is 0 Å². The molecule has 0 aliphatic carbocycles. The van der Waals surface area contributed by atoms with Crippen LogP contribution >= 0.6 is 11.6 Å². The summed E-state index contributed by atoms with van der Waals surface area (Å²) in [5.74, 6) is 0. The molecule has 0 aromatic heterocycles. The first kappa shape index (κ1) is 15.9. The van der Waals surface area contributed by atoms with Crippen LogP contribution in [0, 0.1) is 0 Å². The number of nitrogens with one attached hydrogen (secondary N) is 1. The molecule has 0 unspecified atom stereocenters. The summed E-state index contributed by atoms with van der Waals surface area (Å²) < 4.78 is 28.2. The van der Waals surface area contributed by atoms with E-state index in [2.05, 4.69) is 4.72 Å². The van der Waals surface area contributed by atoms with Gasteiger partial charge in [-0.15, -0.1) is 0 Å². The Morgan fingerprint density at radius 1 is 0.720 bits per heavy atom. The van der Waals surface area contributed by atoms with Gasteiger partial charge >= 0.3 is 0 Å². The van der Waals surface area contributed by atoms with Gasteiger partial charge in [0, 0.05) is 10.4 Å². The van der Waals surface area contributed by atoms with Crippen molar-refractivity contribution in [3.8, 4) is 0 Å². The number of hydrogen-bond acceptors (Lipinski definition) is 2. The molecular formula is C20H14ClNO2S. The molecule has 4 aromatic carbocycles. The van der Waals surface area contributed by atoms with Crippen LogP contribution in [0.3, 0.4) is 0 Å². The summed E-state index contributed by atoms with van der Waals surface area (Å²) >= 11 is 5.85. The van der Waals surface area contributed by atoms with Gasteiger partial charge in [-0.05, 0) is 46.5 Å². The van der Waals surface area contributed by atoms with Crippen molar-refractivity contribution in [1.82, 2.24) is 0 Å². The second-order valence-corrected chi connectivity index (χ2v) is 7.87. The quantitative estimate of drug-likeness (QED) is 0.489. The average Bonchev–Trinajstić information content (AvgIpc) is 2.62. The van der Waals surface area contributed by atoms with E-state index < -0.39 is 10.0 Å². The number of fused-ring (bicyclic) bond motifs is 3. The van der Waals surface area contributed by atoms with Crippen molar-refractivity contribution in [2.75, 3.05) is 4.72 Å². The number of sulfonamides is 1. The molecule has 0 atom stereocenters. The fourth-order valence-corrected chi connectivity index (χ4v) is 4.15. The van der Waals surface area contributed by atoms with Gasteiger partial charge in [0.15, 0.2) is 0 Å². The van der Waals surface area contributed by atoms with Crippen molar-refractivity contribution in [1.29, 1.82) is 0 Å². The average molecular weight is 368 g/mol. The molecule has 0 aliphatic heterocycles. The lowest BCUT2D eigenvalue weighted by Crippen LogP contribution is -2.13. The molecule has 3 nitrogen and oxygen atoms in total. The zero-order chi connectivity index (χ0) is 17.4. The highest BCUT2D eigenvalue weighted by atomic mass is 35.5. The van der Waals surface area contributed by atoms with Crippen molar-refractivity contribution in [2.24, 2.45) is 0 Å². The Morgan fingerprint density at radius 2 is 1.32 bits per heavy atom. The third-order valence-electron chi connectivity index (χ3n) is 4.14. The fraction of sp³-hybridized carbons (Fsp3) is 0. The molecule has 0 radical (unpaired) electrons. The van der Waals surface area contributed by atoms with Crippen LogP contribution in [0.5, 0.6) is 0 Å². The van der Waals surface area contributed by atoms with Gasteiger partial charge in [0.05, 0.1) is 10.6 Å². The number of hydrogen-bond donors (Lipinski definition) is 1. The molecule has 0 aliphatic rings. The summed E-state index contributed by atoms with van der Waals surface area (Å²) in [6.07, 6.45) is 0. The lowest BCUT2D eigenvalue weighted by atomic mass is 10.0. The van der Waals surface area contributed by atoms with E-state index in [9.17, 15) is 8.42 Å². The van der Waals surface area contributed by atoms with E-state index >= 15 is 0 Å². The fourth-order valence-electron chi connectivity index (χ4n) is 2.96. The second kappa shape index (κ2) is 6.06. The predicted octanol–water partition coefficient (Wildman–Crippen LogP) is 5.45. The monoisotopic (exact) mass is 367 g/mol. The van der Waals surface area contributed by atoms with Crippen molar-refractivity contribution >= 4 is 48.9 Å². The van der Waals surface area contributed by atoms with E-state index in [0.29, 0.717) is 10.7 Å². The highest BCUT2D eigenvalue weighted by Crippen LogP contribution is 2.33. The molecule has 0 heterocycles. The van der Waals surface area contributed by atoms with E-state index in [0.717, 1.165) is 21.5 Å². The number of rotatable bonds is 3. The molecule has 5 heteroatoms. The zero-order valence-electron chi connectivity index (χ0n) is 13.1. The molecular weight excluding hydrogens is 354 g/mol. The Labute approximate surface area is 150 Å². The van der Waals surface area contributed by atoms with Crippen LogP contribution < -0.4 is 4.72 Å². The van der Waals surface area contributed by atoms with Crippen molar-refractivity contribution in [3.05, 3.63) is 83.9 Å². The summed E-state index contributed by atoms with van der Waals surface area (Å²) in [5, 5.41) is 4.44. The van der Waals surface area contributed by atoms with E-state index in [-0.39, 0.29) is 4.90 Å². The molecule has 0 saturated carbocycles. The van der Waals surface area contributed by atoms with Gasteiger partial charge in [-0.2, -0.15) is 0 Å². The first-order valence-electron chi connectivity index (χ1n) is 7.73. The second-order valence-electron chi connectivity index (χ2n) is 5.75.